The fourth-order valence-corrected chi connectivity index (χ4v) is 1.35. The van der Waals surface area contributed by atoms with E-state index in [1.54, 1.807) is 0 Å². The van der Waals surface area contributed by atoms with Gasteiger partial charge in [-0.25, -0.2) is 0 Å². The second-order valence-corrected chi connectivity index (χ2v) is 3.79. The lowest BCUT2D eigenvalue weighted by Crippen LogP contribution is -2.91. The Hall–Kier alpha value is -1.35. The van der Waals surface area contributed by atoms with Crippen molar-refractivity contribution in [1.29, 1.82) is 0 Å². The van der Waals surface area contributed by atoms with Gasteiger partial charge in [0.25, 0.3) is 5.91 Å². The van der Waals surface area contributed by atoms with Crippen LogP contribution < -0.4 is 10.6 Å². The molecule has 1 aromatic carbocycles. The second-order valence-electron chi connectivity index (χ2n) is 3.79. The van der Waals surface area contributed by atoms with Gasteiger partial charge in [-0.05, 0) is 32.9 Å². The van der Waals surface area contributed by atoms with Crippen LogP contribution in [0.3, 0.4) is 0 Å². The molecule has 0 saturated heterocycles. The predicted octanol–water partition coefficient (Wildman–Crippen LogP) is 0.905. The molecule has 1 atom stereocenters. The lowest BCUT2D eigenvalue weighted by Gasteiger charge is -2.10. The highest BCUT2D eigenvalue weighted by molar-refractivity contribution is 5.93. The van der Waals surface area contributed by atoms with Crippen LogP contribution in [-0.2, 0) is 4.79 Å². The molecule has 0 aromatic heterocycles. The van der Waals surface area contributed by atoms with Crippen LogP contribution in [0.2, 0.25) is 0 Å². The summed E-state index contributed by atoms with van der Waals surface area (Å²) >= 11 is 0. The maximum Gasteiger partial charge on any atom is 0.282 e. The molecule has 0 spiro atoms. The molecule has 15 heavy (non-hydrogen) atoms. The number of nitrogens with two attached hydrogens (primary N) is 1. The molecule has 1 amide bonds. The minimum absolute atomic E-state index is 0.0312. The van der Waals surface area contributed by atoms with Crippen LogP contribution in [0.25, 0.3) is 0 Å². The van der Waals surface area contributed by atoms with Crippen LogP contribution in [0.15, 0.2) is 24.3 Å². The first-order chi connectivity index (χ1) is 7.13. The highest BCUT2D eigenvalue weighted by Gasteiger charge is 2.14. The van der Waals surface area contributed by atoms with Crippen molar-refractivity contribution in [2.75, 3.05) is 11.9 Å². The summed E-state index contributed by atoms with van der Waals surface area (Å²) in [5.41, 5.74) is 2.06. The molecule has 0 radical (unpaired) electrons. The van der Waals surface area contributed by atoms with Crippen LogP contribution in [0, 0.1) is 6.92 Å². The maximum absolute atomic E-state index is 11.6. The Bertz CT molecular complexity index is 319. The van der Waals surface area contributed by atoms with E-state index >= 15 is 0 Å². The van der Waals surface area contributed by atoms with E-state index in [0.717, 1.165) is 12.2 Å². The average Bonchev–Trinajstić information content (AvgIpc) is 2.22. The van der Waals surface area contributed by atoms with Gasteiger partial charge in [0, 0.05) is 5.69 Å². The molecule has 0 aliphatic heterocycles. The quantitative estimate of drug-likeness (QED) is 0.757. The molecule has 0 heterocycles. The van der Waals surface area contributed by atoms with Gasteiger partial charge in [-0.1, -0.05) is 17.7 Å². The number of likely N-dealkylation sites (N-methyl/N-ethyl adjacent to an activating group) is 1. The average molecular weight is 207 g/mol. The van der Waals surface area contributed by atoms with Gasteiger partial charge < -0.3 is 10.6 Å². The zero-order chi connectivity index (χ0) is 11.3. The van der Waals surface area contributed by atoms with Gasteiger partial charge in [0.2, 0.25) is 0 Å². The first kappa shape index (κ1) is 11.7. The number of benzene rings is 1. The van der Waals surface area contributed by atoms with Gasteiger partial charge in [-0.15, -0.1) is 0 Å². The number of carbonyl (C=O) groups excluding carboxylic acids is 1. The number of quaternary nitrogens is 1. The summed E-state index contributed by atoms with van der Waals surface area (Å²) in [4.78, 5) is 11.6. The number of hydrogen-bond acceptors (Lipinski definition) is 1. The molecule has 82 valence electrons. The van der Waals surface area contributed by atoms with Crippen molar-refractivity contribution in [1.82, 2.24) is 0 Å². The Labute approximate surface area is 90.9 Å². The molecule has 0 aliphatic carbocycles. The Morgan fingerprint density at radius 3 is 2.53 bits per heavy atom. The van der Waals surface area contributed by atoms with Crippen LogP contribution >= 0.6 is 0 Å². The molecule has 1 aromatic rings. The van der Waals surface area contributed by atoms with Crippen molar-refractivity contribution >= 4 is 11.6 Å². The number of anilines is 1. The molecule has 0 fully saturated rings. The monoisotopic (exact) mass is 207 g/mol. The Balaban J connectivity index is 2.54. The van der Waals surface area contributed by atoms with Crippen molar-refractivity contribution < 1.29 is 10.1 Å². The van der Waals surface area contributed by atoms with E-state index in [9.17, 15) is 4.79 Å². The SMILES string of the molecule is CC[NH2+][C@@H](C)C(=O)Nc1ccc(C)cc1. The molecular formula is C12H19N2O+. The number of amides is 1. The van der Waals surface area contributed by atoms with E-state index < -0.39 is 0 Å². The lowest BCUT2D eigenvalue weighted by molar-refractivity contribution is -0.670. The van der Waals surface area contributed by atoms with Gasteiger partial charge >= 0.3 is 0 Å². The Morgan fingerprint density at radius 1 is 1.40 bits per heavy atom. The molecule has 3 nitrogen and oxygen atoms in total. The standard InChI is InChI=1S/C12H18N2O/c1-4-13-10(3)12(15)14-11-7-5-9(2)6-8-11/h5-8,10,13H,4H2,1-3H3,(H,14,15)/p+1/t10-/m0/s1. The summed E-state index contributed by atoms with van der Waals surface area (Å²) in [5, 5.41) is 4.89. The van der Waals surface area contributed by atoms with Gasteiger partial charge in [0.15, 0.2) is 6.04 Å². The van der Waals surface area contributed by atoms with Crippen molar-refractivity contribution in [3.63, 3.8) is 0 Å². The topological polar surface area (TPSA) is 45.7 Å². The van der Waals surface area contributed by atoms with E-state index in [-0.39, 0.29) is 11.9 Å². The van der Waals surface area contributed by atoms with E-state index in [2.05, 4.69) is 5.32 Å². The van der Waals surface area contributed by atoms with Crippen molar-refractivity contribution in [3.8, 4) is 0 Å². The molecule has 0 aliphatic rings. The molecule has 3 N–H and O–H groups in total. The van der Waals surface area contributed by atoms with Crippen molar-refractivity contribution in [3.05, 3.63) is 29.8 Å². The number of nitrogens with one attached hydrogen (secondary N) is 1. The van der Waals surface area contributed by atoms with Crippen LogP contribution in [-0.4, -0.2) is 18.5 Å². The number of aryl methyl sites for hydroxylation is 1. The molecule has 1 rings (SSSR count). The molecule has 0 saturated carbocycles. The van der Waals surface area contributed by atoms with Gasteiger partial charge in [-0.2, -0.15) is 0 Å². The number of rotatable bonds is 4. The molecule has 0 bridgehead atoms. The van der Waals surface area contributed by atoms with Gasteiger partial charge in [-0.3, -0.25) is 4.79 Å². The normalized spacial score (nSPS) is 12.2. The largest absolute Gasteiger partial charge is 0.336 e. The zero-order valence-electron chi connectivity index (χ0n) is 9.58. The highest BCUT2D eigenvalue weighted by Crippen LogP contribution is 2.08. The van der Waals surface area contributed by atoms with E-state index in [4.69, 9.17) is 0 Å². The van der Waals surface area contributed by atoms with Crippen LogP contribution in [0.4, 0.5) is 5.69 Å². The maximum atomic E-state index is 11.6. The minimum atomic E-state index is -0.0312. The summed E-state index contributed by atoms with van der Waals surface area (Å²) in [6.45, 7) is 6.89. The van der Waals surface area contributed by atoms with Gasteiger partial charge in [0.1, 0.15) is 0 Å². The number of hydrogen-bond donors (Lipinski definition) is 2. The zero-order valence-corrected chi connectivity index (χ0v) is 9.58. The fraction of sp³-hybridized carbons (Fsp3) is 0.417. The third-order valence-corrected chi connectivity index (χ3v) is 2.32. The summed E-state index contributed by atoms with van der Waals surface area (Å²) in [6, 6.07) is 7.79. The second kappa shape index (κ2) is 5.51. The summed E-state index contributed by atoms with van der Waals surface area (Å²) < 4.78 is 0. The molecule has 0 unspecified atom stereocenters. The summed E-state index contributed by atoms with van der Waals surface area (Å²) in [5.74, 6) is 0.0562. The third kappa shape index (κ3) is 3.72. The first-order valence-corrected chi connectivity index (χ1v) is 5.34. The Morgan fingerprint density at radius 2 is 2.00 bits per heavy atom. The van der Waals surface area contributed by atoms with E-state index in [1.165, 1.54) is 5.56 Å². The van der Waals surface area contributed by atoms with Gasteiger partial charge in [0.05, 0.1) is 6.54 Å². The smallest absolute Gasteiger partial charge is 0.282 e. The summed E-state index contributed by atoms with van der Waals surface area (Å²) in [6.07, 6.45) is 0. The molecular weight excluding hydrogens is 188 g/mol. The van der Waals surface area contributed by atoms with Crippen molar-refractivity contribution in [2.24, 2.45) is 0 Å². The highest BCUT2D eigenvalue weighted by atomic mass is 16.2. The third-order valence-electron chi connectivity index (χ3n) is 2.32. The predicted molar refractivity (Wildman–Crippen MR) is 61.7 cm³/mol. The molecule has 3 heteroatoms. The number of carbonyl (C=O) groups is 1. The van der Waals surface area contributed by atoms with Crippen LogP contribution in [0.5, 0.6) is 0 Å². The van der Waals surface area contributed by atoms with Crippen molar-refractivity contribution in [2.45, 2.75) is 26.8 Å². The minimum Gasteiger partial charge on any atom is -0.336 e. The Kier molecular flexibility index (Phi) is 4.31. The van der Waals surface area contributed by atoms with E-state index in [1.807, 2.05) is 50.4 Å². The fourth-order valence-electron chi connectivity index (χ4n) is 1.35. The lowest BCUT2D eigenvalue weighted by atomic mass is 10.2. The van der Waals surface area contributed by atoms with E-state index in [0.29, 0.717) is 0 Å². The van der Waals surface area contributed by atoms with Crippen LogP contribution in [0.1, 0.15) is 19.4 Å². The summed E-state index contributed by atoms with van der Waals surface area (Å²) in [7, 11) is 0. The first-order valence-electron chi connectivity index (χ1n) is 5.34.